The maximum Gasteiger partial charge on any atom is 0.409 e. The Kier molecular flexibility index (Phi) is 14.8. The van der Waals surface area contributed by atoms with Gasteiger partial charge >= 0.3 is 6.09 Å². The molecule has 1 aliphatic rings. The van der Waals surface area contributed by atoms with Gasteiger partial charge in [0.15, 0.2) is 0 Å². The van der Waals surface area contributed by atoms with Crippen LogP contribution in [0.3, 0.4) is 0 Å². The summed E-state index contributed by atoms with van der Waals surface area (Å²) < 4.78 is 4.88. The van der Waals surface area contributed by atoms with Crippen LogP contribution < -0.4 is 0 Å². The molecule has 0 spiro atoms. The second kappa shape index (κ2) is 13.2. The molecule has 6 heteroatoms. The number of carbonyl (C=O) groups excluding carboxylic acids is 1. The van der Waals surface area contributed by atoms with Crippen LogP contribution in [0.1, 0.15) is 27.7 Å². The fraction of sp³-hybridized carbons (Fsp3) is 0.917. The SMILES string of the molecule is CC.CC.CN1CCN(C(=O)OCC(Cl)Cl)CC1. The maximum atomic E-state index is 11.4. The molecule has 4 nitrogen and oxygen atoms in total. The molecular formula is C12H26Cl2N2O2. The monoisotopic (exact) mass is 300 g/mol. The summed E-state index contributed by atoms with van der Waals surface area (Å²) in [6, 6.07) is 0. The van der Waals surface area contributed by atoms with Gasteiger partial charge in [-0.05, 0) is 7.05 Å². The number of rotatable bonds is 2. The average molecular weight is 301 g/mol. The highest BCUT2D eigenvalue weighted by Crippen LogP contribution is 2.05. The summed E-state index contributed by atoms with van der Waals surface area (Å²) in [7, 11) is 2.02. The molecule has 110 valence electrons. The first-order chi connectivity index (χ1) is 8.59. The van der Waals surface area contributed by atoms with Gasteiger partial charge in [0.2, 0.25) is 0 Å². The van der Waals surface area contributed by atoms with Gasteiger partial charge in [-0.15, -0.1) is 23.2 Å². The molecule has 1 fully saturated rings. The number of carbonyl (C=O) groups is 1. The van der Waals surface area contributed by atoms with E-state index in [9.17, 15) is 4.79 Å². The molecule has 0 aliphatic carbocycles. The number of nitrogens with zero attached hydrogens (tertiary/aromatic N) is 2. The lowest BCUT2D eigenvalue weighted by Gasteiger charge is -2.31. The summed E-state index contributed by atoms with van der Waals surface area (Å²) >= 11 is 10.9. The van der Waals surface area contributed by atoms with Crippen LogP contribution in [0.25, 0.3) is 0 Å². The van der Waals surface area contributed by atoms with Gasteiger partial charge in [0.05, 0.1) is 0 Å². The third-order valence-corrected chi connectivity index (χ3v) is 2.35. The van der Waals surface area contributed by atoms with Crippen molar-refractivity contribution in [1.82, 2.24) is 9.80 Å². The molecule has 0 saturated carbocycles. The van der Waals surface area contributed by atoms with Crippen molar-refractivity contribution in [2.75, 3.05) is 39.8 Å². The summed E-state index contributed by atoms with van der Waals surface area (Å²) in [5.74, 6) is 0. The number of hydrogen-bond acceptors (Lipinski definition) is 3. The lowest BCUT2D eigenvalue weighted by atomic mass is 10.3. The van der Waals surface area contributed by atoms with E-state index in [1.807, 2.05) is 34.7 Å². The lowest BCUT2D eigenvalue weighted by Crippen LogP contribution is -2.47. The van der Waals surface area contributed by atoms with Crippen molar-refractivity contribution < 1.29 is 9.53 Å². The third-order valence-electron chi connectivity index (χ3n) is 2.09. The maximum absolute atomic E-state index is 11.4. The summed E-state index contributed by atoms with van der Waals surface area (Å²) in [6.07, 6.45) is -0.329. The zero-order chi connectivity index (χ0) is 14.6. The summed E-state index contributed by atoms with van der Waals surface area (Å²) in [5.41, 5.74) is 0. The van der Waals surface area contributed by atoms with Crippen LogP contribution in [-0.2, 0) is 4.74 Å². The fourth-order valence-electron chi connectivity index (χ4n) is 1.21. The zero-order valence-corrected chi connectivity index (χ0v) is 13.6. The highest BCUT2D eigenvalue weighted by molar-refractivity contribution is 6.44. The first kappa shape index (κ1) is 20.1. The fourth-order valence-corrected chi connectivity index (χ4v) is 1.34. The first-order valence-corrected chi connectivity index (χ1v) is 7.35. The summed E-state index contributed by atoms with van der Waals surface area (Å²) in [5, 5.41) is 0. The van der Waals surface area contributed by atoms with Crippen LogP contribution >= 0.6 is 23.2 Å². The van der Waals surface area contributed by atoms with Crippen molar-refractivity contribution in [3.05, 3.63) is 0 Å². The van der Waals surface area contributed by atoms with E-state index in [0.29, 0.717) is 13.1 Å². The standard InChI is InChI=1S/C8H14Cl2N2O2.2C2H6/c1-11-2-4-12(5-3-11)8(13)14-6-7(9)10;2*1-2/h7H,2-6H2,1H3;2*1-2H3. The summed E-state index contributed by atoms with van der Waals surface area (Å²) in [4.78, 5) is 14.6. The molecule has 0 aromatic carbocycles. The molecule has 1 rings (SSSR count). The van der Waals surface area contributed by atoms with Gasteiger partial charge < -0.3 is 14.5 Å². The highest BCUT2D eigenvalue weighted by atomic mass is 35.5. The smallest absolute Gasteiger partial charge is 0.409 e. The predicted octanol–water partition coefficient (Wildman–Crippen LogP) is 3.23. The molecule has 1 amide bonds. The van der Waals surface area contributed by atoms with Crippen molar-refractivity contribution in [3.8, 4) is 0 Å². The van der Waals surface area contributed by atoms with Crippen LogP contribution in [0.5, 0.6) is 0 Å². The molecule has 0 bridgehead atoms. The van der Waals surface area contributed by atoms with E-state index >= 15 is 0 Å². The van der Waals surface area contributed by atoms with Crippen molar-refractivity contribution in [2.24, 2.45) is 0 Å². The molecule has 0 N–H and O–H groups in total. The Bertz CT molecular complexity index is 197. The van der Waals surface area contributed by atoms with Crippen molar-refractivity contribution in [2.45, 2.75) is 32.5 Å². The zero-order valence-electron chi connectivity index (χ0n) is 12.1. The van der Waals surface area contributed by atoms with E-state index in [0.717, 1.165) is 13.1 Å². The molecule has 0 aromatic rings. The molecule has 1 saturated heterocycles. The van der Waals surface area contributed by atoms with Crippen LogP contribution in [-0.4, -0.2) is 60.6 Å². The Morgan fingerprint density at radius 2 is 1.56 bits per heavy atom. The van der Waals surface area contributed by atoms with Gasteiger partial charge in [0.1, 0.15) is 11.4 Å². The predicted molar refractivity (Wildman–Crippen MR) is 78.6 cm³/mol. The van der Waals surface area contributed by atoms with Crippen LogP contribution in [0, 0.1) is 0 Å². The van der Waals surface area contributed by atoms with E-state index < -0.39 is 4.84 Å². The second-order valence-corrected chi connectivity index (χ2v) is 4.54. The third kappa shape index (κ3) is 9.80. The minimum atomic E-state index is -0.647. The summed E-state index contributed by atoms with van der Waals surface area (Å²) in [6.45, 7) is 11.2. The van der Waals surface area contributed by atoms with Crippen molar-refractivity contribution in [3.63, 3.8) is 0 Å². The van der Waals surface area contributed by atoms with Crippen molar-refractivity contribution >= 4 is 29.3 Å². The van der Waals surface area contributed by atoms with Crippen LogP contribution in [0.15, 0.2) is 0 Å². The first-order valence-electron chi connectivity index (χ1n) is 6.48. The average Bonchev–Trinajstić information content (AvgIpc) is 2.41. The highest BCUT2D eigenvalue weighted by Gasteiger charge is 2.20. The second-order valence-electron chi connectivity index (χ2n) is 3.26. The molecular weight excluding hydrogens is 275 g/mol. The van der Waals surface area contributed by atoms with E-state index in [1.165, 1.54) is 0 Å². The Hall–Kier alpha value is -0.190. The Labute approximate surface area is 121 Å². The minimum absolute atomic E-state index is 0.0499. The van der Waals surface area contributed by atoms with Crippen LogP contribution in [0.2, 0.25) is 0 Å². The van der Waals surface area contributed by atoms with Gasteiger partial charge in [-0.3, -0.25) is 0 Å². The normalized spacial score (nSPS) is 15.2. The number of piperazine rings is 1. The molecule has 0 atom stereocenters. The molecule has 0 radical (unpaired) electrons. The van der Waals surface area contributed by atoms with Gasteiger partial charge in [-0.2, -0.15) is 0 Å². The molecule has 0 unspecified atom stereocenters. The van der Waals surface area contributed by atoms with E-state index in [1.54, 1.807) is 4.90 Å². The lowest BCUT2D eigenvalue weighted by molar-refractivity contribution is 0.0847. The van der Waals surface area contributed by atoms with Gasteiger partial charge in [-0.1, -0.05) is 27.7 Å². The molecule has 18 heavy (non-hydrogen) atoms. The van der Waals surface area contributed by atoms with Crippen molar-refractivity contribution in [1.29, 1.82) is 0 Å². The van der Waals surface area contributed by atoms with Gasteiger partial charge in [-0.25, -0.2) is 4.79 Å². The number of ether oxygens (including phenoxy) is 1. The van der Waals surface area contributed by atoms with E-state index in [-0.39, 0.29) is 12.7 Å². The number of hydrogen-bond donors (Lipinski definition) is 0. The van der Waals surface area contributed by atoms with E-state index in [2.05, 4.69) is 4.90 Å². The van der Waals surface area contributed by atoms with Gasteiger partial charge in [0, 0.05) is 26.2 Å². The van der Waals surface area contributed by atoms with E-state index in [4.69, 9.17) is 27.9 Å². The molecule has 0 aromatic heterocycles. The number of halogens is 2. The minimum Gasteiger partial charge on any atom is -0.447 e. The number of likely N-dealkylation sites (N-methyl/N-ethyl adjacent to an activating group) is 1. The molecule has 1 heterocycles. The largest absolute Gasteiger partial charge is 0.447 e. The Morgan fingerprint density at radius 1 is 1.11 bits per heavy atom. The Morgan fingerprint density at radius 3 is 1.94 bits per heavy atom. The van der Waals surface area contributed by atoms with Gasteiger partial charge in [0.25, 0.3) is 0 Å². The quantitative estimate of drug-likeness (QED) is 0.734. The van der Waals surface area contributed by atoms with Crippen LogP contribution in [0.4, 0.5) is 4.79 Å². The number of amides is 1. The topological polar surface area (TPSA) is 32.8 Å². The number of alkyl halides is 2. The molecule has 1 aliphatic heterocycles. The Balaban J connectivity index is 0.